The minimum atomic E-state index is -2.06. The monoisotopic (exact) mass is 488 g/mol. The predicted octanol–water partition coefficient (Wildman–Crippen LogP) is 9.21. The van der Waals surface area contributed by atoms with Crippen molar-refractivity contribution in [3.05, 3.63) is 0 Å². The fraction of sp³-hybridized carbons (Fsp3) is 1.00. The Bertz CT molecular complexity index is 188. The molecule has 0 aromatic carbocycles. The summed E-state index contributed by atoms with van der Waals surface area (Å²) in [4.78, 5) is 0. The second kappa shape index (κ2) is 14.9. The van der Waals surface area contributed by atoms with E-state index in [1.807, 2.05) is 0 Å². The van der Waals surface area contributed by atoms with Crippen LogP contribution in [0.3, 0.4) is 0 Å². The summed E-state index contributed by atoms with van der Waals surface area (Å²) in [5.41, 5.74) is 0. The Hall–Kier alpha value is 2.59. The molecule has 8 heteroatoms. The summed E-state index contributed by atoms with van der Waals surface area (Å²) in [7, 11) is 12.4. The van der Waals surface area contributed by atoms with Crippen LogP contribution in [0, 0.1) is 0 Å². The fourth-order valence-electron chi connectivity index (χ4n) is 3.02. The summed E-state index contributed by atoms with van der Waals surface area (Å²) >= 11 is -2.06. The first-order valence-corrected chi connectivity index (χ1v) is 29.7. The number of halogens is 3. The second-order valence-corrected chi connectivity index (χ2v) is 52.2. The Labute approximate surface area is 159 Å². The van der Waals surface area contributed by atoms with E-state index in [1.165, 1.54) is 0 Å². The molecule has 0 heterocycles. The Balaban J connectivity index is -0.0000000629. The van der Waals surface area contributed by atoms with Gasteiger partial charge in [-0.25, -0.2) is 0 Å². The Morgan fingerprint density at radius 1 is 0.524 bits per heavy atom. The third-order valence-corrected chi connectivity index (χ3v) is 54.3. The van der Waals surface area contributed by atoms with Crippen LogP contribution in [-0.4, -0.2) is 36.4 Å². The van der Waals surface area contributed by atoms with Gasteiger partial charge in [-0.15, -0.1) is 6.57 Å². The van der Waals surface area contributed by atoms with Gasteiger partial charge in [0.25, 0.3) is 0 Å². The van der Waals surface area contributed by atoms with E-state index in [0.717, 1.165) is 0 Å². The first-order valence-electron chi connectivity index (χ1n) is 5.83. The van der Waals surface area contributed by atoms with Crippen molar-refractivity contribution in [1.82, 2.24) is 0 Å². The van der Waals surface area contributed by atoms with Crippen molar-refractivity contribution in [1.29, 1.82) is 0 Å². The van der Waals surface area contributed by atoms with Gasteiger partial charge in [-0.3, -0.25) is 0 Å². The standard InChI is InChI=1S/C9H27PSi3.4CH4.3ClH.Ga/c1-11(2,3)10(12(4,5)6)13(7,8)9;;;;;;;;/h1-9H3;4*1H4;3*1H;/q;;;;;;;;+3/p-3. The molecule has 21 heavy (non-hydrogen) atoms. The van der Waals surface area contributed by atoms with Crippen molar-refractivity contribution >= 4 is 71.9 Å². The van der Waals surface area contributed by atoms with Crippen molar-refractivity contribution in [2.45, 2.75) is 88.6 Å². The molecular formula is C13H43Cl3GaPSi3. The molecule has 0 spiro atoms. The van der Waals surface area contributed by atoms with Gasteiger partial charge in [0.1, 0.15) is 0 Å². The van der Waals surface area contributed by atoms with E-state index in [2.05, 4.69) is 58.9 Å². The second-order valence-electron chi connectivity index (χ2n) is 7.10. The van der Waals surface area contributed by atoms with E-state index in [4.69, 9.17) is 28.9 Å². The van der Waals surface area contributed by atoms with Gasteiger partial charge in [0.05, 0.1) is 23.2 Å². The van der Waals surface area contributed by atoms with Gasteiger partial charge in [0.2, 0.25) is 0 Å². The van der Waals surface area contributed by atoms with Gasteiger partial charge in [0, 0.05) is 0 Å². The number of hydrogen-bond acceptors (Lipinski definition) is 0. The van der Waals surface area contributed by atoms with Crippen LogP contribution in [0.5, 0.6) is 0 Å². The Kier molecular flexibility index (Phi) is 27.6. The van der Waals surface area contributed by atoms with Gasteiger partial charge in [-0.05, 0) is 0 Å². The van der Waals surface area contributed by atoms with Gasteiger partial charge in [-0.2, -0.15) is 0 Å². The van der Waals surface area contributed by atoms with Crippen LogP contribution in [0.25, 0.3) is 0 Å². The van der Waals surface area contributed by atoms with Crippen LogP contribution < -0.4 is 0 Å². The third kappa shape index (κ3) is 22.6. The van der Waals surface area contributed by atoms with E-state index in [1.54, 1.807) is 0 Å². The zero-order chi connectivity index (χ0) is 14.7. The van der Waals surface area contributed by atoms with Gasteiger partial charge in [-0.1, -0.05) is 88.6 Å². The van der Waals surface area contributed by atoms with Crippen molar-refractivity contribution in [2.75, 3.05) is 0 Å². The van der Waals surface area contributed by atoms with E-state index < -0.39 is 36.4 Å². The normalized spacial score (nSPS) is 10.7. The van der Waals surface area contributed by atoms with Crippen LogP contribution in [0.1, 0.15) is 29.7 Å². The minimum absolute atomic E-state index is 0. The molecule has 0 nitrogen and oxygen atoms in total. The molecule has 0 rings (SSSR count). The molecule has 0 atom stereocenters. The number of rotatable bonds is 3. The molecule has 0 unspecified atom stereocenters. The summed E-state index contributed by atoms with van der Waals surface area (Å²) in [6.07, 6.45) is 0. The molecule has 0 saturated heterocycles. The SMILES string of the molecule is C.C.C.C.C[Si](C)(C)P([Si](C)(C)C)[Si](C)(C)C.[Cl][Ga]([Cl])[Cl]. The summed E-state index contributed by atoms with van der Waals surface area (Å²) in [6, 6.07) is 0. The average molecular weight is 491 g/mol. The summed E-state index contributed by atoms with van der Waals surface area (Å²) in [6.45, 7) is 23.8. The van der Waals surface area contributed by atoms with E-state index >= 15 is 0 Å². The first-order chi connectivity index (χ1) is 7.10. The van der Waals surface area contributed by atoms with E-state index in [-0.39, 0.29) is 29.7 Å². The Morgan fingerprint density at radius 2 is 0.619 bits per heavy atom. The van der Waals surface area contributed by atoms with E-state index in [0.29, 0.717) is 6.57 Å². The van der Waals surface area contributed by atoms with E-state index in [9.17, 15) is 0 Å². The Morgan fingerprint density at radius 3 is 0.619 bits per heavy atom. The first kappa shape index (κ1) is 38.9. The topological polar surface area (TPSA) is 0 Å². The van der Waals surface area contributed by atoms with Crippen molar-refractivity contribution in [3.63, 3.8) is 0 Å². The van der Waals surface area contributed by atoms with Gasteiger partial charge < -0.3 is 0 Å². The van der Waals surface area contributed by atoms with Crippen molar-refractivity contribution in [2.24, 2.45) is 0 Å². The molecule has 136 valence electrons. The third-order valence-electron chi connectivity index (χ3n) is 2.01. The van der Waals surface area contributed by atoms with Gasteiger partial charge in [0.15, 0.2) is 0 Å². The maximum absolute atomic E-state index is 4.99. The molecule has 0 fully saturated rings. The van der Waals surface area contributed by atoms with Crippen LogP contribution in [0.15, 0.2) is 0 Å². The molecule has 0 bridgehead atoms. The maximum atomic E-state index is 4.99. The molecule has 0 aromatic rings. The molecule has 0 N–H and O–H groups in total. The molecule has 0 aliphatic carbocycles. The van der Waals surface area contributed by atoms with Crippen LogP contribution in [-0.2, 0) is 0 Å². The zero-order valence-electron chi connectivity index (χ0n) is 12.7. The van der Waals surface area contributed by atoms with Crippen molar-refractivity contribution in [3.8, 4) is 0 Å². The van der Waals surface area contributed by atoms with Crippen molar-refractivity contribution < 1.29 is 0 Å². The van der Waals surface area contributed by atoms with Crippen LogP contribution in [0.2, 0.25) is 58.9 Å². The molecule has 0 saturated carbocycles. The summed E-state index contributed by atoms with van der Waals surface area (Å²) in [5.74, 6) is 0. The quantitative estimate of drug-likeness (QED) is 0.273. The predicted molar refractivity (Wildman–Crippen MR) is 127 cm³/mol. The molecule has 0 radical (unpaired) electrons. The molecular weight excluding hydrogens is 447 g/mol. The average Bonchev–Trinajstić information content (AvgIpc) is 1.69. The van der Waals surface area contributed by atoms with Gasteiger partial charge >= 0.3 is 42.1 Å². The molecule has 0 aromatic heterocycles. The molecule has 0 aliphatic heterocycles. The summed E-state index contributed by atoms with van der Waals surface area (Å²) in [5, 5.41) is 0. The summed E-state index contributed by atoms with van der Waals surface area (Å²) < 4.78 is 0. The molecule has 0 amide bonds. The zero-order valence-corrected chi connectivity index (χ0v) is 21.2. The molecule has 0 aliphatic rings. The van der Waals surface area contributed by atoms with Crippen LogP contribution >= 0.6 is 35.5 Å². The fourth-order valence-corrected chi connectivity index (χ4v) is 81.5. The number of hydrogen-bond donors (Lipinski definition) is 0. The van der Waals surface area contributed by atoms with Crippen LogP contribution in [0.4, 0.5) is 0 Å².